The van der Waals surface area contributed by atoms with Gasteiger partial charge >= 0.3 is 0 Å². The number of Topliss-reactive ketones (excluding diaryl/α,β-unsaturated/α-hetero) is 4. The van der Waals surface area contributed by atoms with E-state index in [0.29, 0.717) is 29.0 Å². The van der Waals surface area contributed by atoms with E-state index in [0.717, 1.165) is 0 Å². The summed E-state index contributed by atoms with van der Waals surface area (Å²) in [4.78, 5) is 68.0. The fourth-order valence-electron chi connectivity index (χ4n) is 6.83. The predicted molar refractivity (Wildman–Crippen MR) is 138 cm³/mol. The molecule has 2 fully saturated rings. The maximum atomic E-state index is 13.9. The van der Waals surface area contributed by atoms with Gasteiger partial charge in [0.15, 0.2) is 34.7 Å². The van der Waals surface area contributed by atoms with E-state index in [1.165, 1.54) is 11.0 Å². The second kappa shape index (κ2) is 9.39. The molecule has 0 heterocycles. The van der Waals surface area contributed by atoms with Gasteiger partial charge in [0.1, 0.15) is 11.5 Å². The van der Waals surface area contributed by atoms with Crippen molar-refractivity contribution in [3.05, 3.63) is 47.5 Å². The van der Waals surface area contributed by atoms with Crippen LogP contribution in [0.25, 0.3) is 11.1 Å². The number of hydrogen-bond donors (Lipinski definition) is 3. The first kappa shape index (κ1) is 26.7. The molecule has 10 nitrogen and oxygen atoms in total. The van der Waals surface area contributed by atoms with Crippen LogP contribution in [-0.4, -0.2) is 76.5 Å². The number of rotatable bonds is 5. The van der Waals surface area contributed by atoms with E-state index in [1.54, 1.807) is 26.2 Å². The van der Waals surface area contributed by atoms with Crippen LogP contribution >= 0.6 is 0 Å². The molecule has 6 atom stereocenters. The monoisotopic (exact) mass is 534 g/mol. The van der Waals surface area contributed by atoms with Crippen LogP contribution in [0.5, 0.6) is 11.5 Å². The quantitative estimate of drug-likeness (QED) is 0.473. The first-order chi connectivity index (χ1) is 18.4. The fraction of sp³-hybridized carbons (Fsp3) is 0.414. The molecule has 3 aliphatic rings. The number of phenols is 1. The Morgan fingerprint density at radius 1 is 1.08 bits per heavy atom. The molecule has 0 aromatic heterocycles. The number of nitrogens with zero attached hydrogens (tertiary/aromatic N) is 1. The summed E-state index contributed by atoms with van der Waals surface area (Å²) in [5.41, 5.74) is 4.44. The number of para-hydroxylation sites is 1. The zero-order chi connectivity index (χ0) is 28.4. The molecule has 5 rings (SSSR count). The number of carbonyl (C=O) groups excluding carboxylic acids is 5. The average Bonchev–Trinajstić information content (AvgIpc) is 2.87. The number of amides is 1. The van der Waals surface area contributed by atoms with Crippen molar-refractivity contribution in [1.29, 1.82) is 0 Å². The van der Waals surface area contributed by atoms with Gasteiger partial charge in [0.05, 0.1) is 24.1 Å². The van der Waals surface area contributed by atoms with E-state index < -0.39 is 64.4 Å². The maximum Gasteiger partial charge on any atom is 0.235 e. The lowest BCUT2D eigenvalue weighted by atomic mass is 9.52. The Bertz CT molecular complexity index is 1430. The smallest absolute Gasteiger partial charge is 0.235 e. The van der Waals surface area contributed by atoms with Gasteiger partial charge in [-0.3, -0.25) is 28.9 Å². The number of hydrogen-bond acceptors (Lipinski definition) is 9. The lowest BCUT2D eigenvalue weighted by Crippen LogP contribution is -2.74. The lowest BCUT2D eigenvalue weighted by molar-refractivity contribution is -0.181. The van der Waals surface area contributed by atoms with Crippen LogP contribution in [0.1, 0.15) is 29.3 Å². The Morgan fingerprint density at radius 2 is 1.77 bits per heavy atom. The van der Waals surface area contributed by atoms with Crippen LogP contribution in [0.4, 0.5) is 0 Å². The zero-order valence-corrected chi connectivity index (χ0v) is 21.8. The topological polar surface area (TPSA) is 164 Å². The highest BCUT2D eigenvalue weighted by atomic mass is 16.5. The minimum absolute atomic E-state index is 0.00784. The molecule has 204 valence electrons. The first-order valence-corrected chi connectivity index (χ1v) is 12.9. The molecule has 1 amide bonds. The van der Waals surface area contributed by atoms with Gasteiger partial charge in [-0.25, -0.2) is 0 Å². The van der Waals surface area contributed by atoms with Crippen LogP contribution in [-0.2, 0) is 25.6 Å². The minimum Gasteiger partial charge on any atom is -0.507 e. The zero-order valence-electron chi connectivity index (χ0n) is 21.8. The van der Waals surface area contributed by atoms with Crippen molar-refractivity contribution in [1.82, 2.24) is 4.90 Å². The molecule has 10 heteroatoms. The van der Waals surface area contributed by atoms with Crippen molar-refractivity contribution in [2.75, 3.05) is 20.7 Å². The number of aromatic hydroxyl groups is 1. The second-order valence-corrected chi connectivity index (χ2v) is 10.7. The molecule has 3 aliphatic carbocycles. The molecule has 4 N–H and O–H groups in total. The van der Waals surface area contributed by atoms with Gasteiger partial charge in [0.2, 0.25) is 5.91 Å². The van der Waals surface area contributed by atoms with Crippen molar-refractivity contribution in [3.8, 4) is 22.6 Å². The van der Waals surface area contributed by atoms with Gasteiger partial charge in [0.25, 0.3) is 0 Å². The summed E-state index contributed by atoms with van der Waals surface area (Å²) in [6.07, 6.45) is 0.169. The number of nitrogens with two attached hydrogens (primary N) is 1. The first-order valence-electron chi connectivity index (χ1n) is 12.9. The molecule has 2 aromatic rings. The molecule has 2 aromatic carbocycles. The third-order valence-corrected chi connectivity index (χ3v) is 8.42. The largest absolute Gasteiger partial charge is 0.507 e. The highest BCUT2D eigenvalue weighted by Gasteiger charge is 2.69. The molecular formula is C29H30N2O8. The summed E-state index contributed by atoms with van der Waals surface area (Å²) in [7, 11) is 3.10. The SMILES string of the molecule is CCOc1ccccc1-c1ccc(O)c2c1CC1CC3C(N(C)C)C(=O)C(C(N)=O)C(=O)C3(O)C(=O)C1C2=O. The van der Waals surface area contributed by atoms with Crippen molar-refractivity contribution in [3.63, 3.8) is 0 Å². The third-order valence-electron chi connectivity index (χ3n) is 8.42. The Hall–Kier alpha value is -3.89. The van der Waals surface area contributed by atoms with Gasteiger partial charge in [-0.05, 0) is 63.0 Å². The molecule has 0 spiro atoms. The normalized spacial score (nSPS) is 30.0. The van der Waals surface area contributed by atoms with Crippen LogP contribution in [0.15, 0.2) is 36.4 Å². The van der Waals surface area contributed by atoms with Gasteiger partial charge in [-0.2, -0.15) is 0 Å². The fourth-order valence-corrected chi connectivity index (χ4v) is 6.83. The number of primary amides is 1. The van der Waals surface area contributed by atoms with Crippen molar-refractivity contribution < 1.29 is 38.9 Å². The number of carbonyl (C=O) groups is 5. The Morgan fingerprint density at radius 3 is 2.41 bits per heavy atom. The minimum atomic E-state index is -2.74. The van der Waals surface area contributed by atoms with Gasteiger partial charge in [-0.15, -0.1) is 0 Å². The van der Waals surface area contributed by atoms with Gasteiger partial charge < -0.3 is 20.7 Å². The van der Waals surface area contributed by atoms with E-state index >= 15 is 0 Å². The number of aliphatic hydroxyl groups is 1. The second-order valence-electron chi connectivity index (χ2n) is 10.7. The average molecular weight is 535 g/mol. The van der Waals surface area contributed by atoms with Gasteiger partial charge in [-0.1, -0.05) is 24.3 Å². The molecular weight excluding hydrogens is 504 g/mol. The van der Waals surface area contributed by atoms with Crippen molar-refractivity contribution >= 4 is 29.0 Å². The number of phenolic OH excluding ortho intramolecular Hbond substituents is 1. The summed E-state index contributed by atoms with van der Waals surface area (Å²) >= 11 is 0. The molecule has 0 saturated heterocycles. The Balaban J connectivity index is 1.66. The maximum absolute atomic E-state index is 13.9. The van der Waals surface area contributed by atoms with E-state index in [1.807, 2.05) is 25.1 Å². The van der Waals surface area contributed by atoms with Crippen LogP contribution in [0, 0.1) is 23.7 Å². The number of ketones is 4. The highest BCUT2D eigenvalue weighted by Crippen LogP contribution is 2.52. The van der Waals surface area contributed by atoms with E-state index in [9.17, 15) is 34.2 Å². The van der Waals surface area contributed by atoms with Crippen LogP contribution in [0.3, 0.4) is 0 Å². The van der Waals surface area contributed by atoms with Crippen LogP contribution < -0.4 is 10.5 Å². The van der Waals surface area contributed by atoms with Crippen molar-refractivity contribution in [2.45, 2.75) is 31.4 Å². The summed E-state index contributed by atoms with van der Waals surface area (Å²) in [6, 6.07) is 9.19. The Kier molecular flexibility index (Phi) is 6.43. The summed E-state index contributed by atoms with van der Waals surface area (Å²) in [6.45, 7) is 2.26. The van der Waals surface area contributed by atoms with Crippen molar-refractivity contribution in [2.24, 2.45) is 29.4 Å². The summed E-state index contributed by atoms with van der Waals surface area (Å²) in [5.74, 6) is -10.1. The van der Waals surface area contributed by atoms with Crippen LogP contribution in [0.2, 0.25) is 0 Å². The summed E-state index contributed by atoms with van der Waals surface area (Å²) < 4.78 is 5.79. The van der Waals surface area contributed by atoms with E-state index in [-0.39, 0.29) is 24.2 Å². The molecule has 2 saturated carbocycles. The third kappa shape index (κ3) is 3.73. The predicted octanol–water partition coefficient (Wildman–Crippen LogP) is 0.933. The molecule has 39 heavy (non-hydrogen) atoms. The molecule has 0 radical (unpaired) electrons. The molecule has 0 aliphatic heterocycles. The van der Waals surface area contributed by atoms with Gasteiger partial charge in [0, 0.05) is 11.5 Å². The lowest BCUT2D eigenvalue weighted by Gasteiger charge is -2.52. The Labute approximate surface area is 224 Å². The number of likely N-dealkylation sites (N-methyl/N-ethyl adjacent to an activating group) is 1. The number of fused-ring (bicyclic) bond motifs is 3. The molecule has 6 unspecified atom stereocenters. The van der Waals surface area contributed by atoms with E-state index in [4.69, 9.17) is 10.5 Å². The molecule has 0 bridgehead atoms. The summed E-state index contributed by atoms with van der Waals surface area (Å²) in [5, 5.41) is 22.4. The standard InChI is InChI=1S/C29H30N2O8/c1-4-39-19-8-6-5-7-15(19)14-9-10-18(32)21-16(14)11-13-12-17-23(31(2)3)25(34)22(28(30)37)27(36)29(17,38)26(35)20(13)24(21)33/h5-10,13,17,20,22-23,32,38H,4,11-12H2,1-3H3,(H2,30,37). The van der Waals surface area contributed by atoms with E-state index in [2.05, 4.69) is 0 Å². The number of benzene rings is 2. The highest BCUT2D eigenvalue weighted by molar-refractivity contribution is 6.32. The number of ether oxygens (including phenoxy) is 1.